The van der Waals surface area contributed by atoms with Gasteiger partial charge in [0.05, 0.1) is 6.61 Å². The fourth-order valence-corrected chi connectivity index (χ4v) is 4.32. The molecule has 3 fully saturated rings. The Morgan fingerprint density at radius 1 is 1.25 bits per heavy atom. The van der Waals surface area contributed by atoms with Crippen molar-refractivity contribution in [1.82, 2.24) is 9.80 Å². The molecule has 2 N–H and O–H groups in total. The maximum Gasteiger partial charge on any atom is 0.0546 e. The maximum absolute atomic E-state index is 6.12. The first-order valence-electron chi connectivity index (χ1n) is 8.48. The van der Waals surface area contributed by atoms with Gasteiger partial charge in [0.25, 0.3) is 0 Å². The lowest BCUT2D eigenvalue weighted by atomic mass is 9.81. The number of ether oxygens (including phenoxy) is 1. The molecule has 20 heavy (non-hydrogen) atoms. The fraction of sp³-hybridized carbons (Fsp3) is 1.00. The van der Waals surface area contributed by atoms with E-state index < -0.39 is 0 Å². The van der Waals surface area contributed by atoms with E-state index in [2.05, 4.69) is 16.7 Å². The Hall–Kier alpha value is -0.160. The molecule has 3 saturated heterocycles. The zero-order valence-corrected chi connectivity index (χ0v) is 13.0. The predicted molar refractivity (Wildman–Crippen MR) is 81.8 cm³/mol. The number of piperidine rings is 1. The summed E-state index contributed by atoms with van der Waals surface area (Å²) in [5.41, 5.74) is 6.33. The van der Waals surface area contributed by atoms with E-state index in [9.17, 15) is 0 Å². The van der Waals surface area contributed by atoms with Crippen LogP contribution in [0.25, 0.3) is 0 Å². The third kappa shape index (κ3) is 3.03. The van der Waals surface area contributed by atoms with Gasteiger partial charge in [0, 0.05) is 50.3 Å². The smallest absolute Gasteiger partial charge is 0.0546 e. The molecule has 3 unspecified atom stereocenters. The highest BCUT2D eigenvalue weighted by molar-refractivity contribution is 4.94. The number of piperazine rings is 1. The van der Waals surface area contributed by atoms with Gasteiger partial charge >= 0.3 is 0 Å². The van der Waals surface area contributed by atoms with E-state index in [1.807, 2.05) is 0 Å². The third-order valence-corrected chi connectivity index (χ3v) is 5.69. The Morgan fingerprint density at radius 2 is 2.15 bits per heavy atom. The highest BCUT2D eigenvalue weighted by Gasteiger charge is 2.39. The Kier molecular flexibility index (Phi) is 4.65. The molecule has 3 atom stereocenters. The Morgan fingerprint density at radius 3 is 2.90 bits per heavy atom. The first-order valence-corrected chi connectivity index (χ1v) is 8.48. The van der Waals surface area contributed by atoms with E-state index >= 15 is 0 Å². The molecule has 0 aliphatic carbocycles. The molecule has 0 spiro atoms. The molecule has 116 valence electrons. The van der Waals surface area contributed by atoms with Crippen molar-refractivity contribution in [2.24, 2.45) is 11.1 Å². The van der Waals surface area contributed by atoms with Gasteiger partial charge in [-0.3, -0.25) is 9.80 Å². The summed E-state index contributed by atoms with van der Waals surface area (Å²) in [4.78, 5) is 5.42. The van der Waals surface area contributed by atoms with Crippen molar-refractivity contribution >= 4 is 0 Å². The van der Waals surface area contributed by atoms with Crippen molar-refractivity contribution in [3.05, 3.63) is 0 Å². The monoisotopic (exact) mass is 281 g/mol. The Balaban J connectivity index is 1.63. The first kappa shape index (κ1) is 14.8. The van der Waals surface area contributed by atoms with Crippen LogP contribution in [0.3, 0.4) is 0 Å². The van der Waals surface area contributed by atoms with Crippen LogP contribution < -0.4 is 5.73 Å². The standard InChI is InChI=1S/C16H31N3O/c1-14-9-18-7-3-2-5-15(18)10-19(14)12-16(11-17)6-4-8-20-13-16/h14-15H,2-13,17H2,1H3. The number of hydrogen-bond acceptors (Lipinski definition) is 4. The van der Waals surface area contributed by atoms with Crippen molar-refractivity contribution in [3.63, 3.8) is 0 Å². The summed E-state index contributed by atoms with van der Waals surface area (Å²) in [6.07, 6.45) is 6.60. The SMILES string of the molecule is CC1CN2CCCCC2CN1CC1(CN)CCCOC1. The maximum atomic E-state index is 6.12. The highest BCUT2D eigenvalue weighted by Crippen LogP contribution is 2.32. The molecule has 0 amide bonds. The van der Waals surface area contributed by atoms with Gasteiger partial charge in [-0.25, -0.2) is 0 Å². The Bertz CT molecular complexity index is 317. The summed E-state index contributed by atoms with van der Waals surface area (Å²) in [5.74, 6) is 0. The minimum Gasteiger partial charge on any atom is -0.381 e. The number of hydrogen-bond donors (Lipinski definition) is 1. The molecule has 0 bridgehead atoms. The minimum absolute atomic E-state index is 0.212. The predicted octanol–water partition coefficient (Wildman–Crippen LogP) is 1.30. The van der Waals surface area contributed by atoms with Gasteiger partial charge in [0.1, 0.15) is 0 Å². The lowest BCUT2D eigenvalue weighted by Crippen LogP contribution is -2.61. The van der Waals surface area contributed by atoms with Crippen LogP contribution in [0.1, 0.15) is 39.0 Å². The second kappa shape index (κ2) is 6.30. The molecular weight excluding hydrogens is 250 g/mol. The molecule has 0 aromatic rings. The van der Waals surface area contributed by atoms with E-state index in [0.717, 1.165) is 32.3 Å². The van der Waals surface area contributed by atoms with Crippen LogP contribution in [0.15, 0.2) is 0 Å². The molecule has 3 heterocycles. The summed E-state index contributed by atoms with van der Waals surface area (Å²) < 4.78 is 5.74. The van der Waals surface area contributed by atoms with E-state index in [-0.39, 0.29) is 5.41 Å². The number of nitrogens with two attached hydrogens (primary N) is 1. The van der Waals surface area contributed by atoms with Gasteiger partial charge in [0.15, 0.2) is 0 Å². The second-order valence-corrected chi connectivity index (χ2v) is 7.28. The molecule has 0 radical (unpaired) electrons. The lowest BCUT2D eigenvalue weighted by molar-refractivity contribution is -0.0535. The van der Waals surface area contributed by atoms with Crippen LogP contribution >= 0.6 is 0 Å². The first-order chi connectivity index (χ1) is 9.72. The van der Waals surface area contributed by atoms with Crippen LogP contribution in [-0.4, -0.2) is 67.8 Å². The number of rotatable bonds is 3. The summed E-state index contributed by atoms with van der Waals surface area (Å²) in [6.45, 7) is 9.87. The van der Waals surface area contributed by atoms with E-state index in [0.29, 0.717) is 6.04 Å². The van der Waals surface area contributed by atoms with Gasteiger partial charge < -0.3 is 10.5 Å². The average Bonchev–Trinajstić information content (AvgIpc) is 2.49. The van der Waals surface area contributed by atoms with Crippen molar-refractivity contribution < 1.29 is 4.74 Å². The zero-order valence-electron chi connectivity index (χ0n) is 13.0. The summed E-state index contributed by atoms with van der Waals surface area (Å²) in [7, 11) is 0. The molecular formula is C16H31N3O. The van der Waals surface area contributed by atoms with Crippen molar-refractivity contribution in [2.75, 3.05) is 45.9 Å². The minimum atomic E-state index is 0.212. The van der Waals surface area contributed by atoms with Gasteiger partial charge in [-0.2, -0.15) is 0 Å². The molecule has 3 aliphatic rings. The quantitative estimate of drug-likeness (QED) is 0.847. The van der Waals surface area contributed by atoms with Crippen LogP contribution in [0.2, 0.25) is 0 Å². The highest BCUT2D eigenvalue weighted by atomic mass is 16.5. The second-order valence-electron chi connectivity index (χ2n) is 7.28. The lowest BCUT2D eigenvalue weighted by Gasteiger charge is -2.50. The summed E-state index contributed by atoms with van der Waals surface area (Å²) >= 11 is 0. The molecule has 0 aromatic carbocycles. The van der Waals surface area contributed by atoms with Crippen LogP contribution in [-0.2, 0) is 4.74 Å². The van der Waals surface area contributed by atoms with Crippen molar-refractivity contribution in [2.45, 2.75) is 51.1 Å². The van der Waals surface area contributed by atoms with Gasteiger partial charge in [-0.1, -0.05) is 6.42 Å². The average molecular weight is 281 g/mol. The topological polar surface area (TPSA) is 41.7 Å². The van der Waals surface area contributed by atoms with Gasteiger partial charge in [-0.05, 0) is 39.2 Å². The number of nitrogens with zero attached hydrogens (tertiary/aromatic N) is 2. The summed E-state index contributed by atoms with van der Waals surface area (Å²) in [5, 5.41) is 0. The molecule has 0 saturated carbocycles. The zero-order chi connectivity index (χ0) is 14.0. The third-order valence-electron chi connectivity index (χ3n) is 5.69. The summed E-state index contributed by atoms with van der Waals surface area (Å²) in [6, 6.07) is 1.45. The molecule has 4 heteroatoms. The van der Waals surface area contributed by atoms with Crippen molar-refractivity contribution in [1.29, 1.82) is 0 Å². The number of fused-ring (bicyclic) bond motifs is 1. The molecule has 0 aromatic heterocycles. The molecule has 4 nitrogen and oxygen atoms in total. The molecule has 3 aliphatic heterocycles. The van der Waals surface area contributed by atoms with Crippen molar-refractivity contribution in [3.8, 4) is 0 Å². The Labute approximate surface area is 123 Å². The van der Waals surface area contributed by atoms with Gasteiger partial charge in [-0.15, -0.1) is 0 Å². The van der Waals surface area contributed by atoms with Crippen LogP contribution in [0.4, 0.5) is 0 Å². The largest absolute Gasteiger partial charge is 0.381 e. The molecule has 3 rings (SSSR count). The van der Waals surface area contributed by atoms with E-state index in [1.54, 1.807) is 0 Å². The van der Waals surface area contributed by atoms with E-state index in [1.165, 1.54) is 51.7 Å². The normalized spacial score (nSPS) is 40.5. The van der Waals surface area contributed by atoms with Crippen LogP contribution in [0.5, 0.6) is 0 Å². The van der Waals surface area contributed by atoms with Gasteiger partial charge in [0.2, 0.25) is 0 Å². The fourth-order valence-electron chi connectivity index (χ4n) is 4.32. The van der Waals surface area contributed by atoms with Crippen LogP contribution in [0, 0.1) is 5.41 Å². The van der Waals surface area contributed by atoms with E-state index in [4.69, 9.17) is 10.5 Å².